The van der Waals surface area contributed by atoms with E-state index in [2.05, 4.69) is 10.3 Å². The fourth-order valence-electron chi connectivity index (χ4n) is 2.47. The summed E-state index contributed by atoms with van der Waals surface area (Å²) >= 11 is 11.7. The van der Waals surface area contributed by atoms with Crippen molar-refractivity contribution in [2.75, 3.05) is 13.2 Å². The minimum absolute atomic E-state index is 0.0776. The Hall–Kier alpha value is -2.30. The van der Waals surface area contributed by atoms with Gasteiger partial charge in [0, 0.05) is 24.2 Å². The molecule has 3 aromatic rings. The number of ether oxygens (including phenoxy) is 1. The molecule has 0 spiro atoms. The van der Waals surface area contributed by atoms with Crippen LogP contribution in [0.3, 0.4) is 0 Å². The minimum Gasteiger partial charge on any atom is -0.484 e. The summed E-state index contributed by atoms with van der Waals surface area (Å²) in [5, 5.41) is 4.77. The predicted molar refractivity (Wildman–Crippen MR) is 100 cm³/mol. The van der Waals surface area contributed by atoms with Crippen molar-refractivity contribution in [3.63, 3.8) is 0 Å². The molecule has 3 rings (SSSR count). The molecule has 0 unspecified atom stereocenters. The van der Waals surface area contributed by atoms with Crippen LogP contribution >= 0.6 is 23.2 Å². The van der Waals surface area contributed by atoms with Crippen LogP contribution in [0.1, 0.15) is 5.56 Å². The highest BCUT2D eigenvalue weighted by atomic mass is 35.5. The topological polar surface area (TPSA) is 51.2 Å². The standard InChI is InChI=1S/C19H16Cl2N2O2/c20-16-7-6-15(11-17(16)21)25-12-18(24)22-10-8-14-4-1-3-13-5-2-9-23-19(13)14/h1-7,9,11H,8,10,12H2,(H,22,24). The monoisotopic (exact) mass is 374 g/mol. The van der Waals surface area contributed by atoms with Crippen molar-refractivity contribution in [3.05, 3.63) is 70.3 Å². The Kier molecular flexibility index (Phi) is 5.74. The van der Waals surface area contributed by atoms with E-state index in [-0.39, 0.29) is 12.5 Å². The van der Waals surface area contributed by atoms with Gasteiger partial charge in [-0.2, -0.15) is 0 Å². The number of nitrogens with one attached hydrogen (secondary N) is 1. The predicted octanol–water partition coefficient (Wildman–Crippen LogP) is 4.28. The Bertz CT molecular complexity index is 894. The Balaban J connectivity index is 1.50. The third-order valence-electron chi connectivity index (χ3n) is 3.69. The summed E-state index contributed by atoms with van der Waals surface area (Å²) in [6, 6.07) is 14.9. The summed E-state index contributed by atoms with van der Waals surface area (Å²) in [5.41, 5.74) is 2.06. The number of nitrogens with zero attached hydrogens (tertiary/aromatic N) is 1. The van der Waals surface area contributed by atoms with Crippen LogP contribution in [-0.2, 0) is 11.2 Å². The molecule has 128 valence electrons. The number of hydrogen-bond donors (Lipinski definition) is 1. The van der Waals surface area contributed by atoms with Crippen LogP contribution in [0, 0.1) is 0 Å². The first kappa shape index (κ1) is 17.5. The van der Waals surface area contributed by atoms with Gasteiger partial charge in [0.05, 0.1) is 15.6 Å². The van der Waals surface area contributed by atoms with Gasteiger partial charge in [-0.15, -0.1) is 0 Å². The van der Waals surface area contributed by atoms with Gasteiger partial charge in [-0.05, 0) is 30.2 Å². The van der Waals surface area contributed by atoms with Crippen LogP contribution in [-0.4, -0.2) is 24.0 Å². The largest absolute Gasteiger partial charge is 0.484 e. The molecule has 0 aliphatic rings. The lowest BCUT2D eigenvalue weighted by Crippen LogP contribution is -2.30. The molecular weight excluding hydrogens is 359 g/mol. The normalized spacial score (nSPS) is 10.6. The third kappa shape index (κ3) is 4.62. The van der Waals surface area contributed by atoms with Crippen molar-refractivity contribution in [2.45, 2.75) is 6.42 Å². The first-order chi connectivity index (χ1) is 12.1. The molecule has 1 N–H and O–H groups in total. The molecular formula is C19H16Cl2N2O2. The second-order valence-corrected chi connectivity index (χ2v) is 6.27. The molecule has 0 radical (unpaired) electrons. The van der Waals surface area contributed by atoms with Crippen LogP contribution in [0.15, 0.2) is 54.7 Å². The van der Waals surface area contributed by atoms with E-state index < -0.39 is 0 Å². The van der Waals surface area contributed by atoms with Crippen molar-refractivity contribution in [1.82, 2.24) is 10.3 Å². The van der Waals surface area contributed by atoms with Crippen LogP contribution in [0.5, 0.6) is 5.75 Å². The van der Waals surface area contributed by atoms with Crippen LogP contribution < -0.4 is 10.1 Å². The molecule has 1 amide bonds. The number of carbonyl (C=O) groups excluding carboxylic acids is 1. The molecule has 1 heterocycles. The van der Waals surface area contributed by atoms with E-state index in [1.165, 1.54) is 0 Å². The zero-order valence-electron chi connectivity index (χ0n) is 13.3. The number of rotatable bonds is 6. The first-order valence-corrected chi connectivity index (χ1v) is 8.56. The fraction of sp³-hybridized carbons (Fsp3) is 0.158. The molecule has 0 aliphatic heterocycles. The Morgan fingerprint density at radius 3 is 2.76 bits per heavy atom. The molecule has 25 heavy (non-hydrogen) atoms. The van der Waals surface area contributed by atoms with Crippen LogP contribution in [0.2, 0.25) is 10.0 Å². The highest BCUT2D eigenvalue weighted by molar-refractivity contribution is 6.42. The quantitative estimate of drug-likeness (QED) is 0.700. The summed E-state index contributed by atoms with van der Waals surface area (Å²) in [6.07, 6.45) is 2.47. The zero-order valence-corrected chi connectivity index (χ0v) is 14.8. The second kappa shape index (κ2) is 8.19. The number of hydrogen-bond acceptors (Lipinski definition) is 3. The molecule has 0 saturated heterocycles. The van der Waals surface area contributed by atoms with Crippen molar-refractivity contribution >= 4 is 40.0 Å². The molecule has 4 nitrogen and oxygen atoms in total. The number of pyridine rings is 1. The number of halogens is 2. The van der Waals surface area contributed by atoms with E-state index in [0.717, 1.165) is 16.5 Å². The van der Waals surface area contributed by atoms with Crippen molar-refractivity contribution in [3.8, 4) is 5.75 Å². The highest BCUT2D eigenvalue weighted by Crippen LogP contribution is 2.26. The van der Waals surface area contributed by atoms with Gasteiger partial charge in [-0.1, -0.05) is 47.5 Å². The van der Waals surface area contributed by atoms with Gasteiger partial charge in [0.1, 0.15) is 5.75 Å². The average Bonchev–Trinajstić information content (AvgIpc) is 2.63. The van der Waals surface area contributed by atoms with E-state index in [9.17, 15) is 4.79 Å². The SMILES string of the molecule is O=C(COc1ccc(Cl)c(Cl)c1)NCCc1cccc2cccnc12. The summed E-state index contributed by atoms with van der Waals surface area (Å²) in [7, 11) is 0. The van der Waals surface area contributed by atoms with Crippen molar-refractivity contribution in [2.24, 2.45) is 0 Å². The fourth-order valence-corrected chi connectivity index (χ4v) is 2.76. The third-order valence-corrected chi connectivity index (χ3v) is 4.43. The number of benzene rings is 2. The Morgan fingerprint density at radius 1 is 1.08 bits per heavy atom. The van der Waals surface area contributed by atoms with E-state index in [1.54, 1.807) is 24.4 Å². The molecule has 0 saturated carbocycles. The minimum atomic E-state index is -0.195. The van der Waals surface area contributed by atoms with E-state index >= 15 is 0 Å². The van der Waals surface area contributed by atoms with Gasteiger partial charge >= 0.3 is 0 Å². The van der Waals surface area contributed by atoms with Gasteiger partial charge in [-0.25, -0.2) is 0 Å². The van der Waals surface area contributed by atoms with E-state index in [4.69, 9.17) is 27.9 Å². The van der Waals surface area contributed by atoms with E-state index in [1.807, 2.05) is 30.3 Å². The lowest BCUT2D eigenvalue weighted by atomic mass is 10.1. The Labute approximate surface area is 155 Å². The van der Waals surface area contributed by atoms with E-state index in [0.29, 0.717) is 28.8 Å². The number of fused-ring (bicyclic) bond motifs is 1. The molecule has 0 aliphatic carbocycles. The van der Waals surface area contributed by atoms with Gasteiger partial charge in [0.2, 0.25) is 0 Å². The maximum Gasteiger partial charge on any atom is 0.257 e. The van der Waals surface area contributed by atoms with Gasteiger partial charge in [0.15, 0.2) is 6.61 Å². The maximum atomic E-state index is 11.9. The van der Waals surface area contributed by atoms with Crippen LogP contribution in [0.4, 0.5) is 0 Å². The molecule has 2 aromatic carbocycles. The number of carbonyl (C=O) groups is 1. The zero-order chi connectivity index (χ0) is 17.6. The second-order valence-electron chi connectivity index (χ2n) is 5.46. The number of amides is 1. The molecule has 6 heteroatoms. The molecule has 0 bridgehead atoms. The average molecular weight is 375 g/mol. The maximum absolute atomic E-state index is 11.9. The van der Waals surface area contributed by atoms with Gasteiger partial charge in [-0.3, -0.25) is 9.78 Å². The first-order valence-electron chi connectivity index (χ1n) is 7.80. The molecule has 0 fully saturated rings. The summed E-state index contributed by atoms with van der Waals surface area (Å²) in [6.45, 7) is 0.436. The summed E-state index contributed by atoms with van der Waals surface area (Å²) < 4.78 is 5.41. The number of aromatic nitrogens is 1. The molecule has 1 aromatic heterocycles. The summed E-state index contributed by atoms with van der Waals surface area (Å²) in [5.74, 6) is 0.307. The van der Waals surface area contributed by atoms with Crippen molar-refractivity contribution < 1.29 is 9.53 Å². The van der Waals surface area contributed by atoms with Crippen LogP contribution in [0.25, 0.3) is 10.9 Å². The summed E-state index contributed by atoms with van der Waals surface area (Å²) in [4.78, 5) is 16.3. The lowest BCUT2D eigenvalue weighted by Gasteiger charge is -2.09. The number of para-hydroxylation sites is 1. The van der Waals surface area contributed by atoms with Crippen molar-refractivity contribution in [1.29, 1.82) is 0 Å². The molecule has 0 atom stereocenters. The smallest absolute Gasteiger partial charge is 0.257 e. The van der Waals surface area contributed by atoms with Gasteiger partial charge in [0.25, 0.3) is 5.91 Å². The highest BCUT2D eigenvalue weighted by Gasteiger charge is 2.06. The Morgan fingerprint density at radius 2 is 1.92 bits per heavy atom. The van der Waals surface area contributed by atoms with Gasteiger partial charge < -0.3 is 10.1 Å². The lowest BCUT2D eigenvalue weighted by molar-refractivity contribution is -0.123.